The van der Waals surface area contributed by atoms with Gasteiger partial charge in [-0.05, 0) is 62.3 Å². The first-order valence-electron chi connectivity index (χ1n) is 8.20. The first kappa shape index (κ1) is 12.9. The van der Waals surface area contributed by atoms with Gasteiger partial charge in [-0.2, -0.15) is 0 Å². The third-order valence-electron chi connectivity index (χ3n) is 5.32. The van der Waals surface area contributed by atoms with Crippen LogP contribution in [0.5, 0.6) is 0 Å². The van der Waals surface area contributed by atoms with E-state index in [-0.39, 0.29) is 0 Å². The van der Waals surface area contributed by atoms with E-state index in [4.69, 9.17) is 0 Å². The Morgan fingerprint density at radius 2 is 1.67 bits per heavy atom. The molecule has 104 valence electrons. The van der Waals surface area contributed by atoms with Gasteiger partial charge in [-0.1, -0.05) is 13.8 Å². The molecule has 18 heavy (non-hydrogen) atoms. The lowest BCUT2D eigenvalue weighted by atomic mass is 9.95. The highest BCUT2D eigenvalue weighted by Crippen LogP contribution is 2.44. The molecule has 2 saturated carbocycles. The predicted molar refractivity (Wildman–Crippen MR) is 76.6 cm³/mol. The molecule has 3 aliphatic rings. The molecule has 1 heterocycles. The molecule has 1 N–H and O–H groups in total. The van der Waals surface area contributed by atoms with Crippen LogP contribution < -0.4 is 5.32 Å². The SMILES string of the molecule is CC(C)C1CCN(CCNC(C2CC2)C2CC2)C1. The van der Waals surface area contributed by atoms with Gasteiger partial charge in [-0.3, -0.25) is 0 Å². The third kappa shape index (κ3) is 3.27. The molecule has 0 aromatic carbocycles. The molecule has 0 amide bonds. The van der Waals surface area contributed by atoms with Crippen LogP contribution in [0, 0.1) is 23.7 Å². The summed E-state index contributed by atoms with van der Waals surface area (Å²) in [5.41, 5.74) is 0. The quantitative estimate of drug-likeness (QED) is 0.747. The van der Waals surface area contributed by atoms with Crippen molar-refractivity contribution >= 4 is 0 Å². The zero-order chi connectivity index (χ0) is 12.5. The topological polar surface area (TPSA) is 15.3 Å². The summed E-state index contributed by atoms with van der Waals surface area (Å²) in [5, 5.41) is 3.87. The van der Waals surface area contributed by atoms with Crippen molar-refractivity contribution in [3.05, 3.63) is 0 Å². The van der Waals surface area contributed by atoms with E-state index in [1.54, 1.807) is 0 Å². The lowest BCUT2D eigenvalue weighted by Crippen LogP contribution is -2.39. The molecule has 3 fully saturated rings. The van der Waals surface area contributed by atoms with E-state index in [1.807, 2.05) is 0 Å². The van der Waals surface area contributed by atoms with Crippen molar-refractivity contribution in [1.82, 2.24) is 10.2 Å². The fourth-order valence-corrected chi connectivity index (χ4v) is 3.63. The number of hydrogen-bond donors (Lipinski definition) is 1. The minimum Gasteiger partial charge on any atom is -0.312 e. The normalized spacial score (nSPS) is 29.7. The van der Waals surface area contributed by atoms with Crippen molar-refractivity contribution in [3.8, 4) is 0 Å². The van der Waals surface area contributed by atoms with Gasteiger partial charge in [0.2, 0.25) is 0 Å². The van der Waals surface area contributed by atoms with Gasteiger partial charge in [0.1, 0.15) is 0 Å². The lowest BCUT2D eigenvalue weighted by molar-refractivity contribution is 0.290. The zero-order valence-electron chi connectivity index (χ0n) is 12.2. The summed E-state index contributed by atoms with van der Waals surface area (Å²) in [6.45, 7) is 9.94. The third-order valence-corrected chi connectivity index (χ3v) is 5.32. The first-order chi connectivity index (χ1) is 8.74. The summed E-state index contributed by atoms with van der Waals surface area (Å²) in [7, 11) is 0. The van der Waals surface area contributed by atoms with Crippen LogP contribution in [0.25, 0.3) is 0 Å². The molecule has 2 nitrogen and oxygen atoms in total. The summed E-state index contributed by atoms with van der Waals surface area (Å²) in [4.78, 5) is 2.68. The highest BCUT2D eigenvalue weighted by molar-refractivity contribution is 4.96. The number of nitrogens with zero attached hydrogens (tertiary/aromatic N) is 1. The van der Waals surface area contributed by atoms with Crippen molar-refractivity contribution in [2.45, 2.75) is 52.0 Å². The zero-order valence-corrected chi connectivity index (χ0v) is 12.2. The Kier molecular flexibility index (Phi) is 3.95. The Balaban J connectivity index is 1.34. The van der Waals surface area contributed by atoms with E-state index in [2.05, 4.69) is 24.1 Å². The smallest absolute Gasteiger partial charge is 0.0124 e. The molecule has 0 aromatic heterocycles. The molecule has 2 aliphatic carbocycles. The van der Waals surface area contributed by atoms with Crippen LogP contribution in [0.2, 0.25) is 0 Å². The minimum absolute atomic E-state index is 0.869. The first-order valence-corrected chi connectivity index (χ1v) is 8.20. The summed E-state index contributed by atoms with van der Waals surface area (Å²) in [5.74, 6) is 3.90. The average molecular weight is 250 g/mol. The van der Waals surface area contributed by atoms with Gasteiger partial charge < -0.3 is 10.2 Å². The Morgan fingerprint density at radius 3 is 2.17 bits per heavy atom. The van der Waals surface area contributed by atoms with Crippen LogP contribution in [-0.4, -0.2) is 37.1 Å². The van der Waals surface area contributed by atoms with E-state index in [1.165, 1.54) is 58.3 Å². The molecule has 1 saturated heterocycles. The monoisotopic (exact) mass is 250 g/mol. The highest BCUT2D eigenvalue weighted by atomic mass is 15.2. The summed E-state index contributed by atoms with van der Waals surface area (Å²) in [6.07, 6.45) is 7.40. The maximum Gasteiger partial charge on any atom is 0.0124 e. The van der Waals surface area contributed by atoms with Gasteiger partial charge in [-0.25, -0.2) is 0 Å². The average Bonchev–Trinajstić information content (AvgIpc) is 3.25. The summed E-state index contributed by atoms with van der Waals surface area (Å²) in [6, 6.07) is 0.883. The molecule has 0 bridgehead atoms. The predicted octanol–water partition coefficient (Wildman–Crippen LogP) is 2.74. The Morgan fingerprint density at radius 1 is 1.00 bits per heavy atom. The van der Waals surface area contributed by atoms with Crippen LogP contribution in [0.15, 0.2) is 0 Å². The maximum atomic E-state index is 3.87. The molecule has 1 aliphatic heterocycles. The molecule has 1 unspecified atom stereocenters. The van der Waals surface area contributed by atoms with Crippen LogP contribution in [0.4, 0.5) is 0 Å². The second kappa shape index (κ2) is 5.50. The van der Waals surface area contributed by atoms with Crippen molar-refractivity contribution < 1.29 is 0 Å². The van der Waals surface area contributed by atoms with Crippen molar-refractivity contribution in [3.63, 3.8) is 0 Å². The van der Waals surface area contributed by atoms with Gasteiger partial charge in [0.05, 0.1) is 0 Å². The molecular weight excluding hydrogens is 220 g/mol. The van der Waals surface area contributed by atoms with Crippen LogP contribution in [0.3, 0.4) is 0 Å². The molecular formula is C16H30N2. The van der Waals surface area contributed by atoms with Gasteiger partial charge in [0.25, 0.3) is 0 Å². The van der Waals surface area contributed by atoms with E-state index >= 15 is 0 Å². The standard InChI is InChI=1S/C16H30N2/c1-12(2)15-7-9-18(11-15)10-8-17-16(13-3-4-13)14-5-6-14/h12-17H,3-11H2,1-2H3. The molecule has 0 aromatic rings. The number of rotatable bonds is 7. The maximum absolute atomic E-state index is 3.87. The second-order valence-corrected chi connectivity index (χ2v) is 7.25. The van der Waals surface area contributed by atoms with E-state index in [9.17, 15) is 0 Å². The Labute approximate surface area is 113 Å². The minimum atomic E-state index is 0.869. The highest BCUT2D eigenvalue weighted by Gasteiger charge is 2.40. The number of hydrogen-bond acceptors (Lipinski definition) is 2. The van der Waals surface area contributed by atoms with E-state index in [0.717, 1.165) is 29.7 Å². The fourth-order valence-electron chi connectivity index (χ4n) is 3.63. The molecule has 2 heteroatoms. The largest absolute Gasteiger partial charge is 0.312 e. The summed E-state index contributed by atoms with van der Waals surface area (Å²) >= 11 is 0. The van der Waals surface area contributed by atoms with Crippen LogP contribution >= 0.6 is 0 Å². The fraction of sp³-hybridized carbons (Fsp3) is 1.00. The van der Waals surface area contributed by atoms with Gasteiger partial charge >= 0.3 is 0 Å². The Bertz CT molecular complexity index is 256. The number of likely N-dealkylation sites (tertiary alicyclic amines) is 1. The molecule has 1 atom stereocenters. The van der Waals surface area contributed by atoms with Gasteiger partial charge in [0, 0.05) is 25.7 Å². The van der Waals surface area contributed by atoms with Crippen molar-refractivity contribution in [2.75, 3.05) is 26.2 Å². The van der Waals surface area contributed by atoms with E-state index in [0.29, 0.717) is 0 Å². The molecule has 3 rings (SSSR count). The molecule has 0 radical (unpaired) electrons. The summed E-state index contributed by atoms with van der Waals surface area (Å²) < 4.78 is 0. The van der Waals surface area contributed by atoms with Gasteiger partial charge in [0.15, 0.2) is 0 Å². The second-order valence-electron chi connectivity index (χ2n) is 7.25. The van der Waals surface area contributed by atoms with Crippen LogP contribution in [0.1, 0.15) is 46.0 Å². The Hall–Kier alpha value is -0.0800. The van der Waals surface area contributed by atoms with Crippen molar-refractivity contribution in [1.29, 1.82) is 0 Å². The van der Waals surface area contributed by atoms with Crippen LogP contribution in [-0.2, 0) is 0 Å². The van der Waals surface area contributed by atoms with Gasteiger partial charge in [-0.15, -0.1) is 0 Å². The molecule has 0 spiro atoms. The van der Waals surface area contributed by atoms with E-state index < -0.39 is 0 Å². The number of nitrogens with one attached hydrogen (secondary N) is 1. The lowest BCUT2D eigenvalue weighted by Gasteiger charge is -2.21. The van der Waals surface area contributed by atoms with Crippen molar-refractivity contribution in [2.24, 2.45) is 23.7 Å².